The van der Waals surface area contributed by atoms with Crippen LogP contribution in [0.3, 0.4) is 0 Å². The van der Waals surface area contributed by atoms with E-state index >= 15 is 0 Å². The molecule has 3 rings (SSSR count). The van der Waals surface area contributed by atoms with Crippen molar-refractivity contribution < 1.29 is 0 Å². The molecule has 1 aromatic heterocycles. The summed E-state index contributed by atoms with van der Waals surface area (Å²) in [4.78, 5) is 11.7. The largest absolute Gasteiger partial charge is 0.356 e. The molecule has 0 aromatic carbocycles. The number of hydrogen-bond acceptors (Lipinski definition) is 3. The highest BCUT2D eigenvalue weighted by molar-refractivity contribution is 9.10. The Balaban J connectivity index is 1.79. The van der Waals surface area contributed by atoms with Crippen molar-refractivity contribution in [1.82, 2.24) is 9.97 Å². The summed E-state index contributed by atoms with van der Waals surface area (Å²) in [5.41, 5.74) is 0. The highest BCUT2D eigenvalue weighted by atomic mass is 79.9. The lowest BCUT2D eigenvalue weighted by Crippen LogP contribution is -2.42. The molecule has 3 nitrogen and oxygen atoms in total. The normalized spacial score (nSPS) is 26.7. The number of fused-ring (bicyclic) bond motifs is 1. The van der Waals surface area contributed by atoms with Crippen molar-refractivity contribution in [1.29, 1.82) is 0 Å². The molecule has 4 heteroatoms. The Hall–Kier alpha value is -0.640. The first kappa shape index (κ1) is 14.3. The van der Waals surface area contributed by atoms with Gasteiger partial charge in [-0.1, -0.05) is 33.1 Å². The summed E-state index contributed by atoms with van der Waals surface area (Å²) in [6.07, 6.45) is 7.05. The van der Waals surface area contributed by atoms with Gasteiger partial charge in [-0.3, -0.25) is 0 Å². The molecular weight excluding hydrogens is 314 g/mol. The quantitative estimate of drug-likeness (QED) is 0.750. The van der Waals surface area contributed by atoms with Gasteiger partial charge in [0.1, 0.15) is 16.2 Å². The zero-order valence-corrected chi connectivity index (χ0v) is 14.1. The molecule has 2 aliphatic rings. The Bertz CT molecular complexity index is 475. The molecule has 1 saturated carbocycles. The predicted molar refractivity (Wildman–Crippen MR) is 86.1 cm³/mol. The topological polar surface area (TPSA) is 29.0 Å². The monoisotopic (exact) mass is 337 g/mol. The molecule has 1 aromatic rings. The molecule has 0 spiro atoms. The van der Waals surface area contributed by atoms with Gasteiger partial charge in [0.2, 0.25) is 0 Å². The average molecular weight is 338 g/mol. The second-order valence-corrected chi connectivity index (χ2v) is 7.41. The van der Waals surface area contributed by atoms with Gasteiger partial charge in [-0.2, -0.15) is 0 Å². The van der Waals surface area contributed by atoms with E-state index in [1.807, 2.05) is 0 Å². The van der Waals surface area contributed by atoms with Crippen molar-refractivity contribution in [3.05, 3.63) is 16.5 Å². The number of halogens is 1. The first-order valence-electron chi connectivity index (χ1n) is 7.93. The molecule has 2 atom stereocenters. The van der Waals surface area contributed by atoms with E-state index in [4.69, 9.17) is 4.98 Å². The van der Waals surface area contributed by atoms with Crippen LogP contribution in [0.25, 0.3) is 0 Å². The van der Waals surface area contributed by atoms with E-state index in [0.29, 0.717) is 5.92 Å². The van der Waals surface area contributed by atoms with Gasteiger partial charge in [-0.15, -0.1) is 0 Å². The maximum Gasteiger partial charge on any atom is 0.134 e. The van der Waals surface area contributed by atoms with Crippen LogP contribution in [0.5, 0.6) is 0 Å². The number of hydrogen-bond donors (Lipinski definition) is 0. The third-order valence-electron chi connectivity index (χ3n) is 4.83. The maximum atomic E-state index is 4.78. The maximum absolute atomic E-state index is 4.78. The van der Waals surface area contributed by atoms with Gasteiger partial charge in [-0.05, 0) is 40.6 Å². The number of piperidine rings is 1. The smallest absolute Gasteiger partial charge is 0.134 e. The summed E-state index contributed by atoms with van der Waals surface area (Å²) in [5.74, 6) is 4.28. The minimum atomic E-state index is 0.374. The Labute approximate surface area is 130 Å². The second kappa shape index (κ2) is 6.00. The van der Waals surface area contributed by atoms with Gasteiger partial charge < -0.3 is 4.90 Å². The lowest BCUT2D eigenvalue weighted by Gasteiger charge is -2.41. The average Bonchev–Trinajstić information content (AvgIpc) is 2.46. The summed E-state index contributed by atoms with van der Waals surface area (Å²) >= 11 is 3.54. The van der Waals surface area contributed by atoms with Crippen molar-refractivity contribution >= 4 is 21.7 Å². The standard InChI is InChI=1S/C16H24BrN3/c1-11(2)16-18-14(17)9-15(19-16)20-8-7-12-5-3-4-6-13(12)10-20/h9,11-13H,3-8,10H2,1-2H3. The van der Waals surface area contributed by atoms with E-state index in [1.165, 1.54) is 38.6 Å². The summed E-state index contributed by atoms with van der Waals surface area (Å²) in [6, 6.07) is 2.08. The molecule has 110 valence electrons. The highest BCUT2D eigenvalue weighted by Crippen LogP contribution is 2.37. The number of anilines is 1. The first-order chi connectivity index (χ1) is 9.63. The Morgan fingerprint density at radius 3 is 2.65 bits per heavy atom. The molecule has 2 fully saturated rings. The molecule has 20 heavy (non-hydrogen) atoms. The van der Waals surface area contributed by atoms with E-state index < -0.39 is 0 Å². The summed E-state index contributed by atoms with van der Waals surface area (Å²) < 4.78 is 0.914. The Morgan fingerprint density at radius 2 is 1.90 bits per heavy atom. The van der Waals surface area contributed by atoms with Crippen molar-refractivity contribution in [3.8, 4) is 0 Å². The summed E-state index contributed by atoms with van der Waals surface area (Å²) in [6.45, 7) is 6.64. The fraction of sp³-hybridized carbons (Fsp3) is 0.750. The minimum Gasteiger partial charge on any atom is -0.356 e. The van der Waals surface area contributed by atoms with E-state index in [-0.39, 0.29) is 0 Å². The zero-order valence-electron chi connectivity index (χ0n) is 12.5. The number of nitrogens with zero attached hydrogens (tertiary/aromatic N) is 3. The van der Waals surface area contributed by atoms with Crippen LogP contribution >= 0.6 is 15.9 Å². The van der Waals surface area contributed by atoms with Crippen molar-refractivity contribution in [2.24, 2.45) is 11.8 Å². The van der Waals surface area contributed by atoms with E-state index in [0.717, 1.165) is 34.6 Å². The van der Waals surface area contributed by atoms with Crippen molar-refractivity contribution in [3.63, 3.8) is 0 Å². The van der Waals surface area contributed by atoms with Gasteiger partial charge >= 0.3 is 0 Å². The Morgan fingerprint density at radius 1 is 1.15 bits per heavy atom. The highest BCUT2D eigenvalue weighted by Gasteiger charge is 2.31. The predicted octanol–water partition coefficient (Wildman–Crippen LogP) is 4.38. The van der Waals surface area contributed by atoms with Gasteiger partial charge in [0.15, 0.2) is 0 Å². The van der Waals surface area contributed by atoms with Gasteiger partial charge in [-0.25, -0.2) is 9.97 Å². The lowest BCUT2D eigenvalue weighted by molar-refractivity contribution is 0.202. The fourth-order valence-corrected chi connectivity index (χ4v) is 4.04. The van der Waals surface area contributed by atoms with Crippen molar-refractivity contribution in [2.75, 3.05) is 18.0 Å². The first-order valence-corrected chi connectivity index (χ1v) is 8.72. The van der Waals surface area contributed by atoms with Crippen LogP contribution in [-0.4, -0.2) is 23.1 Å². The molecule has 1 saturated heterocycles. The molecule has 0 amide bonds. The zero-order chi connectivity index (χ0) is 14.1. The third kappa shape index (κ3) is 3.00. The van der Waals surface area contributed by atoms with E-state index in [9.17, 15) is 0 Å². The minimum absolute atomic E-state index is 0.374. The van der Waals surface area contributed by atoms with Crippen LogP contribution in [0.1, 0.15) is 57.7 Å². The van der Waals surface area contributed by atoms with Gasteiger partial charge in [0, 0.05) is 25.1 Å². The molecule has 0 bridgehead atoms. The third-order valence-corrected chi connectivity index (χ3v) is 5.24. The van der Waals surface area contributed by atoms with Crippen LogP contribution in [0.4, 0.5) is 5.82 Å². The number of aromatic nitrogens is 2. The van der Waals surface area contributed by atoms with Crippen LogP contribution in [0.2, 0.25) is 0 Å². The molecule has 1 aliphatic heterocycles. The second-order valence-electron chi connectivity index (χ2n) is 6.60. The number of rotatable bonds is 2. The van der Waals surface area contributed by atoms with E-state index in [1.54, 1.807) is 0 Å². The van der Waals surface area contributed by atoms with Gasteiger partial charge in [0.05, 0.1) is 0 Å². The SMILES string of the molecule is CC(C)c1nc(Br)cc(N2CCC3CCCCC3C2)n1. The van der Waals surface area contributed by atoms with Crippen LogP contribution < -0.4 is 4.90 Å². The summed E-state index contributed by atoms with van der Waals surface area (Å²) in [5, 5.41) is 0. The molecule has 0 N–H and O–H groups in total. The fourth-order valence-electron chi connectivity index (χ4n) is 3.65. The molecule has 1 aliphatic carbocycles. The van der Waals surface area contributed by atoms with Crippen LogP contribution in [0.15, 0.2) is 10.7 Å². The Kier molecular flexibility index (Phi) is 4.29. The lowest BCUT2D eigenvalue weighted by atomic mass is 9.75. The van der Waals surface area contributed by atoms with Crippen LogP contribution in [0, 0.1) is 11.8 Å². The molecular formula is C16H24BrN3. The molecule has 0 radical (unpaired) electrons. The van der Waals surface area contributed by atoms with Crippen LogP contribution in [-0.2, 0) is 0 Å². The van der Waals surface area contributed by atoms with Gasteiger partial charge in [0.25, 0.3) is 0 Å². The summed E-state index contributed by atoms with van der Waals surface area (Å²) in [7, 11) is 0. The van der Waals surface area contributed by atoms with E-state index in [2.05, 4.69) is 45.7 Å². The van der Waals surface area contributed by atoms with Crippen molar-refractivity contribution in [2.45, 2.75) is 51.9 Å². The molecule has 2 heterocycles. The molecule has 2 unspecified atom stereocenters.